The SMILES string of the molecule is COc1ccc(-n2c(C)cc(C3C(c4ccccn4)NC(=S)N3c3ccc(N4CCOCC4)cc3)c2C)cc1. The molecule has 1 N–H and O–H groups in total. The largest absolute Gasteiger partial charge is 0.497 e. The van der Waals surface area contributed by atoms with Crippen molar-refractivity contribution in [1.82, 2.24) is 14.9 Å². The fourth-order valence-corrected chi connectivity index (χ4v) is 6.16. The lowest BCUT2D eigenvalue weighted by atomic mass is 9.96. The number of methoxy groups -OCH3 is 1. The van der Waals surface area contributed by atoms with Crippen molar-refractivity contribution in [3.05, 3.63) is 102 Å². The van der Waals surface area contributed by atoms with E-state index in [-0.39, 0.29) is 12.1 Å². The summed E-state index contributed by atoms with van der Waals surface area (Å²) in [7, 11) is 1.69. The molecule has 4 heterocycles. The standard InChI is InChI=1S/C31H33N5O2S/c1-21-20-27(22(2)35(21)24-11-13-26(37-3)14-12-24)30-29(28-6-4-5-15-32-28)33-31(39)36(30)25-9-7-23(8-10-25)34-16-18-38-19-17-34/h4-15,20,29-30H,16-19H2,1-3H3,(H,33,39). The smallest absolute Gasteiger partial charge is 0.174 e. The van der Waals surface area contributed by atoms with Crippen molar-refractivity contribution in [3.63, 3.8) is 0 Å². The molecular formula is C31H33N5O2S. The summed E-state index contributed by atoms with van der Waals surface area (Å²) in [5, 5.41) is 4.30. The average molecular weight is 540 g/mol. The molecule has 0 amide bonds. The summed E-state index contributed by atoms with van der Waals surface area (Å²) in [4.78, 5) is 9.34. The van der Waals surface area contributed by atoms with E-state index in [1.807, 2.05) is 30.5 Å². The quantitative estimate of drug-likeness (QED) is 0.324. The number of aryl methyl sites for hydroxylation is 1. The molecule has 0 saturated carbocycles. The lowest BCUT2D eigenvalue weighted by Crippen LogP contribution is -2.36. The fourth-order valence-electron chi connectivity index (χ4n) is 5.81. The van der Waals surface area contributed by atoms with Gasteiger partial charge in [0.05, 0.1) is 38.1 Å². The van der Waals surface area contributed by atoms with E-state index in [0.29, 0.717) is 5.11 Å². The Morgan fingerprint density at radius 1 is 0.923 bits per heavy atom. The van der Waals surface area contributed by atoms with Crippen LogP contribution in [0.2, 0.25) is 0 Å². The Labute approximate surface area is 235 Å². The molecule has 0 aliphatic carbocycles. The third kappa shape index (κ3) is 4.75. The lowest BCUT2D eigenvalue weighted by Gasteiger charge is -2.31. The summed E-state index contributed by atoms with van der Waals surface area (Å²) in [5.41, 5.74) is 7.87. The number of nitrogens with zero attached hydrogens (tertiary/aromatic N) is 4. The summed E-state index contributed by atoms with van der Waals surface area (Å²) < 4.78 is 13.2. The van der Waals surface area contributed by atoms with Crippen LogP contribution < -0.4 is 19.9 Å². The predicted molar refractivity (Wildman–Crippen MR) is 159 cm³/mol. The Balaban J connectivity index is 1.42. The van der Waals surface area contributed by atoms with Gasteiger partial charge in [0, 0.05) is 47.7 Å². The van der Waals surface area contributed by atoms with E-state index in [9.17, 15) is 0 Å². The number of morpholine rings is 1. The fraction of sp³-hybridized carbons (Fsp3) is 0.290. The number of hydrogen-bond acceptors (Lipinski definition) is 5. The van der Waals surface area contributed by atoms with Gasteiger partial charge in [-0.3, -0.25) is 4.98 Å². The zero-order valence-corrected chi connectivity index (χ0v) is 23.3. The maximum Gasteiger partial charge on any atom is 0.174 e. The van der Waals surface area contributed by atoms with Gasteiger partial charge in [0.1, 0.15) is 5.75 Å². The lowest BCUT2D eigenvalue weighted by molar-refractivity contribution is 0.122. The molecule has 2 aliphatic heterocycles. The van der Waals surface area contributed by atoms with Crippen LogP contribution in [0.5, 0.6) is 5.75 Å². The first kappa shape index (κ1) is 25.4. The highest BCUT2D eigenvalue weighted by atomic mass is 32.1. The second kappa shape index (κ2) is 10.7. The van der Waals surface area contributed by atoms with E-state index in [4.69, 9.17) is 26.7 Å². The number of nitrogens with one attached hydrogen (secondary N) is 1. The number of hydrogen-bond donors (Lipinski definition) is 1. The Bertz CT molecular complexity index is 1450. The summed E-state index contributed by atoms with van der Waals surface area (Å²) in [6.07, 6.45) is 1.84. The second-order valence-electron chi connectivity index (χ2n) is 9.97. The monoisotopic (exact) mass is 539 g/mol. The van der Waals surface area contributed by atoms with Gasteiger partial charge < -0.3 is 29.2 Å². The van der Waals surface area contributed by atoms with Crippen LogP contribution in [0.4, 0.5) is 11.4 Å². The molecule has 2 unspecified atom stereocenters. The van der Waals surface area contributed by atoms with Crippen LogP contribution in [0.1, 0.15) is 34.7 Å². The van der Waals surface area contributed by atoms with E-state index in [1.54, 1.807) is 7.11 Å². The predicted octanol–water partition coefficient (Wildman–Crippen LogP) is 5.51. The van der Waals surface area contributed by atoms with Gasteiger partial charge in [-0.2, -0.15) is 0 Å². The molecule has 4 aromatic rings. The van der Waals surface area contributed by atoms with Gasteiger partial charge in [-0.05, 0) is 98.4 Å². The van der Waals surface area contributed by atoms with Gasteiger partial charge in [-0.1, -0.05) is 6.07 Å². The first-order valence-electron chi connectivity index (χ1n) is 13.3. The van der Waals surface area contributed by atoms with Crippen LogP contribution in [-0.2, 0) is 4.74 Å². The molecule has 2 saturated heterocycles. The Hall–Kier alpha value is -3.88. The highest BCUT2D eigenvalue weighted by Crippen LogP contribution is 2.44. The third-order valence-electron chi connectivity index (χ3n) is 7.72. The average Bonchev–Trinajstić information content (AvgIpc) is 3.48. The van der Waals surface area contributed by atoms with Gasteiger partial charge in [-0.25, -0.2) is 0 Å². The molecule has 0 spiro atoms. The maximum atomic E-state index is 5.98. The first-order valence-corrected chi connectivity index (χ1v) is 13.7. The molecule has 6 rings (SSSR count). The second-order valence-corrected chi connectivity index (χ2v) is 10.4. The van der Waals surface area contributed by atoms with Gasteiger partial charge in [0.25, 0.3) is 0 Å². The van der Waals surface area contributed by atoms with E-state index in [2.05, 4.69) is 82.1 Å². The Morgan fingerprint density at radius 2 is 1.62 bits per heavy atom. The number of ether oxygens (including phenoxy) is 2. The van der Waals surface area contributed by atoms with Crippen molar-refractivity contribution in [2.24, 2.45) is 0 Å². The van der Waals surface area contributed by atoms with Gasteiger partial charge in [0.2, 0.25) is 0 Å². The van der Waals surface area contributed by atoms with Gasteiger partial charge in [-0.15, -0.1) is 0 Å². The number of thiocarbonyl (C=S) groups is 1. The molecular weight excluding hydrogens is 506 g/mol. The van der Waals surface area contributed by atoms with Crippen LogP contribution in [0.25, 0.3) is 5.69 Å². The molecule has 2 aromatic carbocycles. The Morgan fingerprint density at radius 3 is 2.28 bits per heavy atom. The minimum absolute atomic E-state index is 0.0696. The summed E-state index contributed by atoms with van der Waals surface area (Å²) >= 11 is 5.98. The Kier molecular flexibility index (Phi) is 6.97. The molecule has 8 heteroatoms. The zero-order valence-electron chi connectivity index (χ0n) is 22.5. The molecule has 2 atom stereocenters. The molecule has 2 fully saturated rings. The van der Waals surface area contributed by atoms with Crippen molar-refractivity contribution in [1.29, 1.82) is 0 Å². The molecule has 7 nitrogen and oxygen atoms in total. The summed E-state index contributed by atoms with van der Waals surface area (Å²) in [5.74, 6) is 0.841. The minimum Gasteiger partial charge on any atom is -0.497 e. The molecule has 200 valence electrons. The molecule has 0 radical (unpaired) electrons. The molecule has 2 aromatic heterocycles. The third-order valence-corrected chi connectivity index (χ3v) is 8.04. The number of benzene rings is 2. The number of anilines is 2. The van der Waals surface area contributed by atoms with Gasteiger partial charge in [0.15, 0.2) is 5.11 Å². The maximum absolute atomic E-state index is 5.98. The van der Waals surface area contributed by atoms with Crippen LogP contribution in [-0.4, -0.2) is 48.1 Å². The topological polar surface area (TPSA) is 54.8 Å². The van der Waals surface area contributed by atoms with Crippen molar-refractivity contribution in [2.75, 3.05) is 43.2 Å². The van der Waals surface area contributed by atoms with Crippen molar-refractivity contribution >= 4 is 28.7 Å². The highest BCUT2D eigenvalue weighted by Gasteiger charge is 2.42. The van der Waals surface area contributed by atoms with Crippen LogP contribution in [0, 0.1) is 13.8 Å². The molecule has 0 bridgehead atoms. The van der Waals surface area contributed by atoms with E-state index in [1.165, 1.54) is 16.9 Å². The highest BCUT2D eigenvalue weighted by molar-refractivity contribution is 7.80. The first-order chi connectivity index (χ1) is 19.0. The summed E-state index contributed by atoms with van der Waals surface area (Å²) in [6.45, 7) is 7.68. The number of pyridine rings is 1. The minimum atomic E-state index is -0.0950. The normalized spacial score (nSPS) is 19.3. The van der Waals surface area contributed by atoms with Crippen LogP contribution in [0.15, 0.2) is 79.0 Å². The number of aromatic nitrogens is 2. The van der Waals surface area contributed by atoms with E-state index < -0.39 is 0 Å². The van der Waals surface area contributed by atoms with E-state index in [0.717, 1.165) is 54.8 Å². The molecule has 39 heavy (non-hydrogen) atoms. The van der Waals surface area contributed by atoms with Crippen LogP contribution in [0.3, 0.4) is 0 Å². The number of rotatable bonds is 6. The van der Waals surface area contributed by atoms with Crippen molar-refractivity contribution in [3.8, 4) is 11.4 Å². The van der Waals surface area contributed by atoms with Crippen molar-refractivity contribution < 1.29 is 9.47 Å². The van der Waals surface area contributed by atoms with Crippen molar-refractivity contribution in [2.45, 2.75) is 25.9 Å². The molecule has 2 aliphatic rings. The van der Waals surface area contributed by atoms with E-state index >= 15 is 0 Å². The van der Waals surface area contributed by atoms with Crippen LogP contribution >= 0.6 is 12.2 Å². The zero-order chi connectivity index (χ0) is 26.9. The van der Waals surface area contributed by atoms with Gasteiger partial charge >= 0.3 is 0 Å². The summed E-state index contributed by atoms with van der Waals surface area (Å²) in [6, 6.07) is 25.1.